The maximum Gasteiger partial charge on any atom is 0.347 e. The summed E-state index contributed by atoms with van der Waals surface area (Å²) in [6.07, 6.45) is 3.97. The van der Waals surface area contributed by atoms with Gasteiger partial charge in [-0.15, -0.1) is 0 Å². The number of hydrogen-bond donors (Lipinski definition) is 1. The molecular weight excluding hydrogens is 426 g/mol. The van der Waals surface area contributed by atoms with Gasteiger partial charge in [0.15, 0.2) is 0 Å². The number of hydroxylamine groups is 1. The Morgan fingerprint density at radius 3 is 2.32 bits per heavy atom. The van der Waals surface area contributed by atoms with Crippen LogP contribution >= 0.6 is 0 Å². The summed E-state index contributed by atoms with van der Waals surface area (Å²) in [5, 5.41) is 9.40. The first kappa shape index (κ1) is 27.1. The van der Waals surface area contributed by atoms with Gasteiger partial charge < -0.3 is 9.74 Å². The van der Waals surface area contributed by atoms with Crippen LogP contribution in [0.1, 0.15) is 70.9 Å². The topological polar surface area (TPSA) is 82.4 Å². The lowest BCUT2D eigenvalue weighted by molar-refractivity contribution is -0.164. The van der Waals surface area contributed by atoms with E-state index in [9.17, 15) is 14.9 Å². The molecule has 0 aliphatic heterocycles. The van der Waals surface area contributed by atoms with Crippen LogP contribution in [-0.2, 0) is 21.0 Å². The number of carbonyl (C=O) groups is 2. The number of nitrogens with zero attached hydrogens (tertiary/aromatic N) is 2. The Balaban J connectivity index is 2.26. The first-order chi connectivity index (χ1) is 16.4. The predicted molar refractivity (Wildman–Crippen MR) is 134 cm³/mol. The third kappa shape index (κ3) is 7.71. The zero-order valence-corrected chi connectivity index (χ0v) is 20.8. The summed E-state index contributed by atoms with van der Waals surface area (Å²) < 4.78 is 0. The molecule has 34 heavy (non-hydrogen) atoms. The molecule has 1 N–H and O–H groups in total. The molecule has 0 saturated heterocycles. The number of hydrogen-bond acceptors (Lipinski definition) is 5. The highest BCUT2D eigenvalue weighted by Gasteiger charge is 2.33. The van der Waals surface area contributed by atoms with Gasteiger partial charge in [-0.3, -0.25) is 4.79 Å². The molecule has 6 heteroatoms. The van der Waals surface area contributed by atoms with E-state index in [0.717, 1.165) is 42.4 Å². The summed E-state index contributed by atoms with van der Waals surface area (Å²) in [5.74, 6) is -0.590. The molecule has 0 aliphatic rings. The second-order valence-electron chi connectivity index (χ2n) is 8.84. The smallest absolute Gasteiger partial charge is 0.347 e. The van der Waals surface area contributed by atoms with Crippen LogP contribution in [0.5, 0.6) is 0 Å². The summed E-state index contributed by atoms with van der Waals surface area (Å²) in [5.41, 5.74) is 6.08. The van der Waals surface area contributed by atoms with Gasteiger partial charge in [0.1, 0.15) is 6.04 Å². The molecule has 0 aromatic heterocycles. The molecule has 0 saturated carbocycles. The number of benzene rings is 2. The number of unbranched alkanes of at least 4 members (excludes halogenated alkanes) is 2. The Kier molecular flexibility index (Phi) is 11.3. The van der Waals surface area contributed by atoms with E-state index in [2.05, 4.69) is 18.5 Å². The molecule has 182 valence electrons. The quantitative estimate of drug-likeness (QED) is 0.308. The van der Waals surface area contributed by atoms with Crippen molar-refractivity contribution in [2.45, 2.75) is 72.4 Å². The van der Waals surface area contributed by atoms with Crippen molar-refractivity contribution >= 4 is 11.9 Å². The minimum Gasteiger partial charge on any atom is -0.369 e. The zero-order chi connectivity index (χ0) is 24.9. The summed E-state index contributed by atoms with van der Waals surface area (Å²) in [4.78, 5) is 33.1. The third-order valence-electron chi connectivity index (χ3n) is 5.74. The van der Waals surface area contributed by atoms with Crippen LogP contribution in [0, 0.1) is 17.2 Å². The summed E-state index contributed by atoms with van der Waals surface area (Å²) in [6, 6.07) is 16.8. The van der Waals surface area contributed by atoms with Gasteiger partial charge in [0.2, 0.25) is 5.91 Å². The van der Waals surface area contributed by atoms with E-state index in [1.54, 1.807) is 11.0 Å². The number of amides is 1. The maximum atomic E-state index is 13.2. The molecule has 1 amide bonds. The third-order valence-corrected chi connectivity index (χ3v) is 5.74. The van der Waals surface area contributed by atoms with E-state index in [4.69, 9.17) is 4.84 Å². The number of nitriles is 1. The van der Waals surface area contributed by atoms with Gasteiger partial charge >= 0.3 is 5.97 Å². The van der Waals surface area contributed by atoms with Gasteiger partial charge in [0.05, 0.1) is 11.6 Å². The Bertz CT molecular complexity index is 964. The lowest BCUT2D eigenvalue weighted by Crippen LogP contribution is -2.49. The largest absolute Gasteiger partial charge is 0.369 e. The number of rotatable bonds is 13. The molecule has 2 aromatic rings. The van der Waals surface area contributed by atoms with Crippen molar-refractivity contribution in [1.82, 2.24) is 10.4 Å². The highest BCUT2D eigenvalue weighted by molar-refractivity contribution is 5.84. The Morgan fingerprint density at radius 1 is 1.03 bits per heavy atom. The molecule has 2 aromatic carbocycles. The Hall–Kier alpha value is -3.17. The van der Waals surface area contributed by atoms with E-state index in [1.807, 2.05) is 63.2 Å². The molecule has 0 spiro atoms. The van der Waals surface area contributed by atoms with Crippen LogP contribution < -0.4 is 5.48 Å². The first-order valence-corrected chi connectivity index (χ1v) is 12.2. The molecule has 0 radical (unpaired) electrons. The fraction of sp³-hybridized carbons (Fsp3) is 0.464. The van der Waals surface area contributed by atoms with Crippen molar-refractivity contribution in [3.05, 3.63) is 59.7 Å². The molecule has 6 nitrogen and oxygen atoms in total. The van der Waals surface area contributed by atoms with E-state index in [-0.39, 0.29) is 11.8 Å². The fourth-order valence-electron chi connectivity index (χ4n) is 3.82. The van der Waals surface area contributed by atoms with Crippen molar-refractivity contribution in [2.75, 3.05) is 6.54 Å². The van der Waals surface area contributed by atoms with E-state index >= 15 is 0 Å². The average Bonchev–Trinajstić information content (AvgIpc) is 2.85. The SMILES string of the molecule is CCCCNOC(=O)C(C(C)C)N(Cc1ccc(-c2ccccc2C#N)cc1)C(=O)CCCC. The van der Waals surface area contributed by atoms with Crippen LogP contribution in [0.25, 0.3) is 11.1 Å². The predicted octanol–water partition coefficient (Wildman–Crippen LogP) is 5.62. The summed E-state index contributed by atoms with van der Waals surface area (Å²) in [7, 11) is 0. The van der Waals surface area contributed by atoms with Crippen molar-refractivity contribution in [3.8, 4) is 17.2 Å². The Morgan fingerprint density at radius 2 is 1.71 bits per heavy atom. The standard InChI is InChI=1S/C28H37N3O3/c1-5-7-13-26(32)31(27(21(3)4)28(33)34-30-18-8-6-2)20-22-14-16-23(17-15-22)25-12-10-9-11-24(25)19-29/h9-12,14-17,21,27,30H,5-8,13,18,20H2,1-4H3. The second kappa shape index (κ2) is 14.2. The molecule has 0 heterocycles. The number of nitrogens with one attached hydrogen (secondary N) is 1. The van der Waals surface area contributed by atoms with Crippen LogP contribution in [0.4, 0.5) is 0 Å². The zero-order valence-electron chi connectivity index (χ0n) is 20.8. The first-order valence-electron chi connectivity index (χ1n) is 12.2. The minimum atomic E-state index is -0.683. The van der Waals surface area contributed by atoms with Gasteiger partial charge in [0, 0.05) is 19.5 Å². The number of carbonyl (C=O) groups excluding carboxylic acids is 2. The van der Waals surface area contributed by atoms with Crippen molar-refractivity contribution in [3.63, 3.8) is 0 Å². The molecule has 1 atom stereocenters. The molecule has 0 aliphatic carbocycles. The average molecular weight is 464 g/mol. The van der Waals surface area contributed by atoms with Crippen LogP contribution in [0.3, 0.4) is 0 Å². The van der Waals surface area contributed by atoms with Crippen LogP contribution in [0.15, 0.2) is 48.5 Å². The van der Waals surface area contributed by atoms with Crippen molar-refractivity contribution in [2.24, 2.45) is 5.92 Å². The van der Waals surface area contributed by atoms with Gasteiger partial charge in [-0.2, -0.15) is 10.7 Å². The van der Waals surface area contributed by atoms with Gasteiger partial charge in [0.25, 0.3) is 0 Å². The lowest BCUT2D eigenvalue weighted by atomic mass is 9.98. The highest BCUT2D eigenvalue weighted by Crippen LogP contribution is 2.25. The Labute approximate surface area is 203 Å². The summed E-state index contributed by atoms with van der Waals surface area (Å²) >= 11 is 0. The fourth-order valence-corrected chi connectivity index (χ4v) is 3.82. The van der Waals surface area contributed by atoms with Crippen molar-refractivity contribution < 1.29 is 14.4 Å². The van der Waals surface area contributed by atoms with Gasteiger partial charge in [-0.05, 0) is 41.5 Å². The van der Waals surface area contributed by atoms with Crippen LogP contribution in [-0.4, -0.2) is 29.4 Å². The van der Waals surface area contributed by atoms with E-state index < -0.39 is 12.0 Å². The van der Waals surface area contributed by atoms with Gasteiger partial charge in [-0.25, -0.2) is 4.79 Å². The maximum absolute atomic E-state index is 13.2. The second-order valence-corrected chi connectivity index (χ2v) is 8.84. The van der Waals surface area contributed by atoms with E-state index in [0.29, 0.717) is 25.1 Å². The molecular formula is C28H37N3O3. The molecule has 0 fully saturated rings. The molecule has 1 unspecified atom stereocenters. The normalized spacial score (nSPS) is 11.6. The minimum absolute atomic E-state index is 0.0510. The van der Waals surface area contributed by atoms with E-state index in [1.165, 1.54) is 0 Å². The highest BCUT2D eigenvalue weighted by atomic mass is 16.7. The monoisotopic (exact) mass is 463 g/mol. The lowest BCUT2D eigenvalue weighted by Gasteiger charge is -2.33. The van der Waals surface area contributed by atoms with Crippen LogP contribution in [0.2, 0.25) is 0 Å². The van der Waals surface area contributed by atoms with Gasteiger partial charge in [-0.1, -0.05) is 83.0 Å². The molecule has 2 rings (SSSR count). The summed E-state index contributed by atoms with van der Waals surface area (Å²) in [6.45, 7) is 8.87. The molecule has 0 bridgehead atoms. The van der Waals surface area contributed by atoms with Crippen molar-refractivity contribution in [1.29, 1.82) is 5.26 Å².